The fourth-order valence-corrected chi connectivity index (χ4v) is 1.40. The summed E-state index contributed by atoms with van der Waals surface area (Å²) in [6, 6.07) is -0.997. The quantitative estimate of drug-likeness (QED) is 0.594. The smallest absolute Gasteiger partial charge is 0.321 e. The molecule has 0 aromatic heterocycles. The van der Waals surface area contributed by atoms with Crippen LogP contribution in [0.5, 0.6) is 0 Å². The van der Waals surface area contributed by atoms with Crippen molar-refractivity contribution in [3.63, 3.8) is 0 Å². The number of carbonyl (C=O) groups is 3. The lowest BCUT2D eigenvalue weighted by Crippen LogP contribution is -2.33. The molecule has 0 spiro atoms. The molecule has 3 N–H and O–H groups in total. The molecule has 2 atom stereocenters. The van der Waals surface area contributed by atoms with Crippen LogP contribution in [0, 0.1) is 0 Å². The Kier molecular flexibility index (Phi) is 6.75. The van der Waals surface area contributed by atoms with E-state index in [9.17, 15) is 14.4 Å². The molecule has 0 aliphatic rings. The zero-order chi connectivity index (χ0) is 12.7. The van der Waals surface area contributed by atoms with Gasteiger partial charge in [0.25, 0.3) is 0 Å². The lowest BCUT2D eigenvalue weighted by molar-refractivity contribution is -0.150. The van der Waals surface area contributed by atoms with Crippen LogP contribution in [0.4, 0.5) is 0 Å². The minimum absolute atomic E-state index is 0.0153. The Morgan fingerprint density at radius 3 is 2.44 bits per heavy atom. The summed E-state index contributed by atoms with van der Waals surface area (Å²) in [5, 5.41) is 8.47. The third-order valence-corrected chi connectivity index (χ3v) is 2.75. The Hall–Kier alpha value is -1.08. The van der Waals surface area contributed by atoms with Gasteiger partial charge >= 0.3 is 11.9 Å². The van der Waals surface area contributed by atoms with E-state index in [0.29, 0.717) is 0 Å². The maximum atomic E-state index is 11.1. The molecule has 16 heavy (non-hydrogen) atoms. The van der Waals surface area contributed by atoms with E-state index in [2.05, 4.69) is 0 Å². The van der Waals surface area contributed by atoms with Gasteiger partial charge in [-0.3, -0.25) is 14.4 Å². The van der Waals surface area contributed by atoms with Gasteiger partial charge in [0.2, 0.25) is 0 Å². The summed E-state index contributed by atoms with van der Waals surface area (Å²) in [5.74, 6) is -1.79. The van der Waals surface area contributed by atoms with E-state index in [1.807, 2.05) is 0 Å². The van der Waals surface area contributed by atoms with Gasteiger partial charge in [-0.2, -0.15) is 0 Å². The second-order valence-corrected chi connectivity index (χ2v) is 4.23. The minimum Gasteiger partial charge on any atom is -0.480 e. The average Bonchev–Trinajstić information content (AvgIpc) is 2.16. The lowest BCUT2D eigenvalue weighted by Gasteiger charge is -2.10. The van der Waals surface area contributed by atoms with E-state index >= 15 is 0 Å². The largest absolute Gasteiger partial charge is 0.480 e. The number of aliphatic carboxylic acids is 1. The van der Waals surface area contributed by atoms with Crippen LogP contribution in [0.3, 0.4) is 0 Å². The van der Waals surface area contributed by atoms with Crippen LogP contribution in [0.15, 0.2) is 0 Å². The van der Waals surface area contributed by atoms with Gasteiger partial charge in [-0.1, -0.05) is 0 Å². The van der Waals surface area contributed by atoms with Crippen LogP contribution in [-0.4, -0.2) is 46.5 Å². The highest BCUT2D eigenvalue weighted by atomic mass is 32.2. The molecule has 0 saturated carbocycles. The number of carboxylic acids is 1. The monoisotopic (exact) mass is 249 g/mol. The predicted octanol–water partition coefficient (Wildman–Crippen LogP) is -0.348. The van der Waals surface area contributed by atoms with Crippen molar-refractivity contribution in [3.8, 4) is 0 Å². The normalized spacial score (nSPS) is 13.9. The summed E-state index contributed by atoms with van der Waals surface area (Å²) >= 11 is 1.06. The van der Waals surface area contributed by atoms with Crippen LogP contribution in [-0.2, 0) is 19.1 Å². The van der Waals surface area contributed by atoms with E-state index in [0.717, 1.165) is 11.8 Å². The summed E-state index contributed by atoms with van der Waals surface area (Å²) in [4.78, 5) is 32.2. The Balaban J connectivity index is 3.74. The van der Waals surface area contributed by atoms with Crippen LogP contribution in [0.25, 0.3) is 0 Å². The first-order valence-corrected chi connectivity index (χ1v) is 5.76. The highest BCUT2D eigenvalue weighted by Crippen LogP contribution is 2.04. The lowest BCUT2D eigenvalue weighted by atomic mass is 10.3. The molecule has 0 bridgehead atoms. The first kappa shape index (κ1) is 14.9. The van der Waals surface area contributed by atoms with Gasteiger partial charge in [0, 0.05) is 5.75 Å². The molecule has 0 saturated heterocycles. The number of carbonyl (C=O) groups excluding carboxylic acids is 2. The van der Waals surface area contributed by atoms with E-state index in [4.69, 9.17) is 15.6 Å². The van der Waals surface area contributed by atoms with Crippen molar-refractivity contribution in [1.82, 2.24) is 0 Å². The second-order valence-electron chi connectivity index (χ2n) is 3.20. The third kappa shape index (κ3) is 6.41. The topological polar surface area (TPSA) is 107 Å². The molecule has 1 unspecified atom stereocenters. The molecule has 7 heteroatoms. The highest BCUT2D eigenvalue weighted by Gasteiger charge is 2.15. The van der Waals surface area contributed by atoms with Gasteiger partial charge in [-0.25, -0.2) is 0 Å². The van der Waals surface area contributed by atoms with Crippen LogP contribution in [0.1, 0.15) is 13.8 Å². The zero-order valence-corrected chi connectivity index (χ0v) is 9.95. The van der Waals surface area contributed by atoms with Crippen molar-refractivity contribution in [3.05, 3.63) is 0 Å². The van der Waals surface area contributed by atoms with E-state index in [1.165, 1.54) is 13.8 Å². The molecule has 0 aliphatic heterocycles. The molecule has 0 rings (SSSR count). The first-order chi connectivity index (χ1) is 7.34. The minimum atomic E-state index is -1.11. The summed E-state index contributed by atoms with van der Waals surface area (Å²) in [6.07, 6.45) is -0.763. The summed E-state index contributed by atoms with van der Waals surface area (Å²) in [5.41, 5.74) is 5.23. The summed E-state index contributed by atoms with van der Waals surface area (Å²) in [6.45, 7) is 2.80. The molecule has 0 aromatic rings. The van der Waals surface area contributed by atoms with Crippen molar-refractivity contribution >= 4 is 29.5 Å². The van der Waals surface area contributed by atoms with Gasteiger partial charge in [0.1, 0.15) is 6.04 Å². The molecule has 0 radical (unpaired) electrons. The SMILES string of the molecule is CC(=O)C(C)OC(=O)CSC[C@H](N)C(=O)O. The number of thioether (sulfide) groups is 1. The van der Waals surface area contributed by atoms with Crippen molar-refractivity contribution in [2.45, 2.75) is 26.0 Å². The number of Topliss-reactive ketones (excluding diaryl/α,β-unsaturated/α-hetero) is 1. The number of carboxylic acid groups (broad SMARTS) is 1. The number of hydrogen-bond donors (Lipinski definition) is 2. The Labute approximate surface area is 97.5 Å². The summed E-state index contributed by atoms with van der Waals surface area (Å²) < 4.78 is 4.76. The van der Waals surface area contributed by atoms with Crippen molar-refractivity contribution in [2.75, 3.05) is 11.5 Å². The number of ketones is 1. The second kappa shape index (κ2) is 7.24. The van der Waals surface area contributed by atoms with Crippen molar-refractivity contribution < 1.29 is 24.2 Å². The van der Waals surface area contributed by atoms with Gasteiger partial charge in [-0.15, -0.1) is 11.8 Å². The predicted molar refractivity (Wildman–Crippen MR) is 59.2 cm³/mol. The number of hydrogen-bond acceptors (Lipinski definition) is 6. The van der Waals surface area contributed by atoms with Crippen molar-refractivity contribution in [1.29, 1.82) is 0 Å². The third-order valence-electron chi connectivity index (χ3n) is 1.72. The van der Waals surface area contributed by atoms with Crippen molar-refractivity contribution in [2.24, 2.45) is 5.73 Å². The zero-order valence-electron chi connectivity index (χ0n) is 9.13. The molecule has 0 amide bonds. The Bertz CT molecular complexity index is 281. The van der Waals surface area contributed by atoms with Gasteiger partial charge in [0.05, 0.1) is 5.75 Å². The maximum absolute atomic E-state index is 11.1. The fraction of sp³-hybridized carbons (Fsp3) is 0.667. The molecular formula is C9H15NO5S. The molecular weight excluding hydrogens is 234 g/mol. The van der Waals surface area contributed by atoms with Gasteiger partial charge in [-0.05, 0) is 13.8 Å². The molecule has 6 nitrogen and oxygen atoms in total. The highest BCUT2D eigenvalue weighted by molar-refractivity contribution is 8.00. The molecule has 0 fully saturated rings. The number of nitrogens with two attached hydrogens (primary N) is 1. The van der Waals surface area contributed by atoms with Crippen LogP contribution in [0.2, 0.25) is 0 Å². The first-order valence-electron chi connectivity index (χ1n) is 4.60. The molecule has 92 valence electrons. The molecule has 0 aromatic carbocycles. The van der Waals surface area contributed by atoms with E-state index < -0.39 is 24.1 Å². The molecule has 0 aliphatic carbocycles. The maximum Gasteiger partial charge on any atom is 0.321 e. The number of esters is 1. The Morgan fingerprint density at radius 1 is 1.44 bits per heavy atom. The summed E-state index contributed by atoms with van der Waals surface area (Å²) in [7, 11) is 0. The van der Waals surface area contributed by atoms with Crippen LogP contribution >= 0.6 is 11.8 Å². The van der Waals surface area contributed by atoms with Gasteiger partial charge < -0.3 is 15.6 Å². The van der Waals surface area contributed by atoms with Crippen LogP contribution < -0.4 is 5.73 Å². The fourth-order valence-electron chi connectivity index (χ4n) is 0.655. The number of ether oxygens (including phenoxy) is 1. The Morgan fingerprint density at radius 2 is 2.00 bits per heavy atom. The number of rotatable bonds is 7. The average molecular weight is 249 g/mol. The van der Waals surface area contributed by atoms with E-state index in [1.54, 1.807) is 0 Å². The molecule has 0 heterocycles. The van der Waals surface area contributed by atoms with E-state index in [-0.39, 0.29) is 17.3 Å². The van der Waals surface area contributed by atoms with Gasteiger partial charge in [0.15, 0.2) is 11.9 Å². The standard InChI is InChI=1S/C9H15NO5S/c1-5(11)6(2)15-8(12)4-16-3-7(10)9(13)14/h6-7H,3-4,10H2,1-2H3,(H,13,14)/t6?,7-/m0/s1.